The monoisotopic (exact) mass is 275 g/mol. The molecule has 6 nitrogen and oxygen atoms in total. The van der Waals surface area contributed by atoms with Gasteiger partial charge in [-0.05, 0) is 12.1 Å². The third-order valence-corrected chi connectivity index (χ3v) is 2.43. The summed E-state index contributed by atoms with van der Waals surface area (Å²) in [5.74, 6) is 4.80. The summed E-state index contributed by atoms with van der Waals surface area (Å²) in [6.07, 6.45) is 1.71. The lowest BCUT2D eigenvalue weighted by molar-refractivity contribution is -0.128. The Kier molecular flexibility index (Phi) is 6.20. The van der Waals surface area contributed by atoms with Gasteiger partial charge in [-0.25, -0.2) is 4.98 Å². The molecule has 1 aromatic heterocycles. The predicted molar refractivity (Wildman–Crippen MR) is 73.8 cm³/mol. The summed E-state index contributed by atoms with van der Waals surface area (Å²) >= 11 is 0. The number of aliphatic hydroxyl groups is 1. The molecule has 0 fully saturated rings. The van der Waals surface area contributed by atoms with Crippen molar-refractivity contribution in [1.29, 1.82) is 0 Å². The van der Waals surface area contributed by atoms with Crippen molar-refractivity contribution in [3.8, 4) is 11.8 Å². The van der Waals surface area contributed by atoms with Crippen LogP contribution in [0.1, 0.15) is 22.5 Å². The Morgan fingerprint density at radius 3 is 2.70 bits per heavy atom. The van der Waals surface area contributed by atoms with Gasteiger partial charge in [0.25, 0.3) is 5.91 Å². The number of hydrogen-bond acceptors (Lipinski definition) is 4. The van der Waals surface area contributed by atoms with Gasteiger partial charge < -0.3 is 15.3 Å². The number of carbonyl (C=O) groups excluding carboxylic acids is 2. The summed E-state index contributed by atoms with van der Waals surface area (Å²) in [5.41, 5.74) is 0.884. The Hall–Kier alpha value is -2.39. The molecule has 1 heterocycles. The molecule has 0 aromatic carbocycles. The molecule has 0 atom stereocenters. The SMILES string of the molecule is CN(C)C(=O)CCNC(=O)c1ccc(C#CCO)cn1. The minimum Gasteiger partial charge on any atom is -0.384 e. The largest absolute Gasteiger partial charge is 0.384 e. The maximum atomic E-state index is 11.7. The van der Waals surface area contributed by atoms with E-state index in [1.165, 1.54) is 11.1 Å². The molecule has 0 saturated carbocycles. The molecule has 0 radical (unpaired) electrons. The highest BCUT2D eigenvalue weighted by molar-refractivity contribution is 5.92. The van der Waals surface area contributed by atoms with E-state index in [1.807, 2.05) is 0 Å². The van der Waals surface area contributed by atoms with Crippen LogP contribution in [0.5, 0.6) is 0 Å². The highest BCUT2D eigenvalue weighted by Crippen LogP contribution is 1.99. The van der Waals surface area contributed by atoms with E-state index in [4.69, 9.17) is 5.11 Å². The standard InChI is InChI=1S/C14H17N3O3/c1-17(2)13(19)7-8-15-14(20)12-6-5-11(10-16-12)4-3-9-18/h5-6,10,18H,7-9H2,1-2H3,(H,15,20). The van der Waals surface area contributed by atoms with Crippen LogP contribution in [0.2, 0.25) is 0 Å². The molecule has 0 unspecified atom stereocenters. The van der Waals surface area contributed by atoms with Crippen LogP contribution in [0.4, 0.5) is 0 Å². The molecule has 106 valence electrons. The molecule has 2 amide bonds. The fourth-order valence-corrected chi connectivity index (χ4v) is 1.34. The summed E-state index contributed by atoms with van der Waals surface area (Å²) in [6.45, 7) is 0.0474. The Balaban J connectivity index is 2.50. The molecule has 20 heavy (non-hydrogen) atoms. The number of aromatic nitrogens is 1. The molecule has 0 saturated heterocycles. The van der Waals surface area contributed by atoms with Gasteiger partial charge in [-0.2, -0.15) is 0 Å². The van der Waals surface area contributed by atoms with Gasteiger partial charge in [-0.3, -0.25) is 9.59 Å². The van der Waals surface area contributed by atoms with Gasteiger partial charge in [0.1, 0.15) is 12.3 Å². The quantitative estimate of drug-likeness (QED) is 0.735. The number of aliphatic hydroxyl groups excluding tert-OH is 1. The number of carbonyl (C=O) groups is 2. The minimum atomic E-state index is -0.335. The molecule has 2 N–H and O–H groups in total. The molecule has 0 spiro atoms. The van der Waals surface area contributed by atoms with Crippen molar-refractivity contribution in [2.45, 2.75) is 6.42 Å². The fourth-order valence-electron chi connectivity index (χ4n) is 1.34. The first-order valence-corrected chi connectivity index (χ1v) is 6.08. The van der Waals surface area contributed by atoms with Crippen molar-refractivity contribution in [1.82, 2.24) is 15.2 Å². The van der Waals surface area contributed by atoms with Gasteiger partial charge in [-0.15, -0.1) is 0 Å². The van der Waals surface area contributed by atoms with Crippen LogP contribution in [0, 0.1) is 11.8 Å². The number of rotatable bonds is 4. The van der Waals surface area contributed by atoms with Crippen molar-refractivity contribution < 1.29 is 14.7 Å². The maximum absolute atomic E-state index is 11.7. The van der Waals surface area contributed by atoms with Crippen LogP contribution >= 0.6 is 0 Å². The Morgan fingerprint density at radius 2 is 2.15 bits per heavy atom. The first kappa shape index (κ1) is 15.7. The van der Waals surface area contributed by atoms with Gasteiger partial charge in [0.05, 0.1) is 0 Å². The Morgan fingerprint density at radius 1 is 1.40 bits per heavy atom. The van der Waals surface area contributed by atoms with Crippen LogP contribution in [0.25, 0.3) is 0 Å². The number of pyridine rings is 1. The summed E-state index contributed by atoms with van der Waals surface area (Å²) in [4.78, 5) is 28.5. The zero-order valence-electron chi connectivity index (χ0n) is 11.5. The second kappa shape index (κ2) is 7.92. The summed E-state index contributed by atoms with van der Waals surface area (Å²) < 4.78 is 0. The van der Waals surface area contributed by atoms with E-state index in [-0.39, 0.29) is 37.1 Å². The molecule has 0 bridgehead atoms. The minimum absolute atomic E-state index is 0.0483. The first-order valence-electron chi connectivity index (χ1n) is 6.08. The summed E-state index contributed by atoms with van der Waals surface area (Å²) in [5, 5.41) is 11.2. The van der Waals surface area contributed by atoms with E-state index in [0.717, 1.165) is 0 Å². The molecule has 1 aromatic rings. The third kappa shape index (κ3) is 5.08. The van der Waals surface area contributed by atoms with Gasteiger partial charge in [0, 0.05) is 38.8 Å². The third-order valence-electron chi connectivity index (χ3n) is 2.43. The molecule has 1 rings (SSSR count). The molecule has 0 aliphatic rings. The topological polar surface area (TPSA) is 82.5 Å². The second-order valence-corrected chi connectivity index (χ2v) is 4.19. The fraction of sp³-hybridized carbons (Fsp3) is 0.357. The van der Waals surface area contributed by atoms with Crippen LogP contribution in [0.15, 0.2) is 18.3 Å². The lowest BCUT2D eigenvalue weighted by atomic mass is 10.2. The summed E-state index contributed by atoms with van der Waals surface area (Å²) in [6, 6.07) is 3.19. The molecule has 0 aliphatic carbocycles. The van der Waals surface area contributed by atoms with Crippen molar-refractivity contribution >= 4 is 11.8 Å². The van der Waals surface area contributed by atoms with E-state index < -0.39 is 0 Å². The summed E-state index contributed by atoms with van der Waals surface area (Å²) in [7, 11) is 3.33. The van der Waals surface area contributed by atoms with Crippen LogP contribution in [-0.4, -0.2) is 54.1 Å². The second-order valence-electron chi connectivity index (χ2n) is 4.19. The first-order chi connectivity index (χ1) is 9.54. The van der Waals surface area contributed by atoms with Gasteiger partial charge in [-0.1, -0.05) is 11.8 Å². The van der Waals surface area contributed by atoms with Gasteiger partial charge in [0.15, 0.2) is 0 Å². The zero-order valence-corrected chi connectivity index (χ0v) is 11.5. The maximum Gasteiger partial charge on any atom is 0.269 e. The highest BCUT2D eigenvalue weighted by Gasteiger charge is 2.08. The number of hydrogen-bond donors (Lipinski definition) is 2. The van der Waals surface area contributed by atoms with Gasteiger partial charge >= 0.3 is 0 Å². The Bertz CT molecular complexity index is 527. The molecular weight excluding hydrogens is 258 g/mol. The molecular formula is C14H17N3O3. The number of nitrogens with zero attached hydrogens (tertiary/aromatic N) is 2. The normalized spacial score (nSPS) is 9.35. The van der Waals surface area contributed by atoms with Crippen molar-refractivity contribution in [3.63, 3.8) is 0 Å². The van der Waals surface area contributed by atoms with E-state index >= 15 is 0 Å². The van der Waals surface area contributed by atoms with E-state index in [1.54, 1.807) is 26.2 Å². The van der Waals surface area contributed by atoms with Crippen LogP contribution < -0.4 is 5.32 Å². The number of amides is 2. The lowest BCUT2D eigenvalue weighted by Gasteiger charge is -2.10. The van der Waals surface area contributed by atoms with Crippen LogP contribution in [0.3, 0.4) is 0 Å². The average Bonchev–Trinajstić information content (AvgIpc) is 2.45. The zero-order chi connectivity index (χ0) is 15.0. The number of nitrogens with one attached hydrogen (secondary N) is 1. The molecule has 6 heteroatoms. The van der Waals surface area contributed by atoms with Crippen LogP contribution in [-0.2, 0) is 4.79 Å². The van der Waals surface area contributed by atoms with Crippen molar-refractivity contribution in [3.05, 3.63) is 29.6 Å². The predicted octanol–water partition coefficient (Wildman–Crippen LogP) is -0.367. The molecule has 0 aliphatic heterocycles. The Labute approximate surface area is 117 Å². The smallest absolute Gasteiger partial charge is 0.269 e. The van der Waals surface area contributed by atoms with E-state index in [9.17, 15) is 9.59 Å². The highest BCUT2D eigenvalue weighted by atomic mass is 16.2. The van der Waals surface area contributed by atoms with E-state index in [0.29, 0.717) is 5.56 Å². The van der Waals surface area contributed by atoms with E-state index in [2.05, 4.69) is 22.1 Å². The average molecular weight is 275 g/mol. The van der Waals surface area contributed by atoms with Gasteiger partial charge in [0.2, 0.25) is 5.91 Å². The van der Waals surface area contributed by atoms with Crippen molar-refractivity contribution in [2.24, 2.45) is 0 Å². The van der Waals surface area contributed by atoms with Crippen molar-refractivity contribution in [2.75, 3.05) is 27.2 Å². The lowest BCUT2D eigenvalue weighted by Crippen LogP contribution is -2.30.